The van der Waals surface area contributed by atoms with Crippen LogP contribution in [0, 0.1) is 0 Å². The lowest BCUT2D eigenvalue weighted by molar-refractivity contribution is -0.213. The minimum atomic E-state index is -5.95. The Labute approximate surface area is 349 Å². The molecule has 13 nitrogen and oxygen atoms in total. The molecule has 0 amide bonds. The van der Waals surface area contributed by atoms with Crippen molar-refractivity contribution in [1.82, 2.24) is 0 Å². The average Bonchev–Trinajstić information content (AvgIpc) is 2.99. The maximum Gasteiger partial charge on any atom is 0.518 e. The minimum absolute atomic E-state index is 0.297. The van der Waals surface area contributed by atoms with Gasteiger partial charge in [-0.3, -0.25) is 0 Å². The first-order valence-electron chi connectivity index (χ1n) is 18.0. The lowest BCUT2D eigenvalue weighted by Gasteiger charge is -2.43. The number of halogens is 6. The van der Waals surface area contributed by atoms with E-state index >= 15 is 0 Å². The van der Waals surface area contributed by atoms with Crippen molar-refractivity contribution < 1.29 is 74.0 Å². The Kier molecular flexibility index (Phi) is 16.9. The normalized spacial score (nSPS) is 15.2. The molecule has 0 atom stereocenters. The quantitative estimate of drug-likeness (QED) is 0.0596. The fourth-order valence-electron chi connectivity index (χ4n) is 6.24. The van der Waals surface area contributed by atoms with Crippen LogP contribution in [-0.4, -0.2) is 90.5 Å². The number of rotatable bonds is 20. The first kappa shape index (κ1) is 53.1. The molecule has 0 aliphatic heterocycles. The topological polar surface area (TPSA) is 185 Å². The van der Waals surface area contributed by atoms with Crippen molar-refractivity contribution in [2.24, 2.45) is 8.80 Å². The van der Waals surface area contributed by atoms with Gasteiger partial charge in [0.05, 0.1) is 0 Å². The van der Waals surface area contributed by atoms with Crippen LogP contribution in [-0.2, 0) is 53.5 Å². The van der Waals surface area contributed by atoms with Crippen LogP contribution in [0.3, 0.4) is 0 Å². The monoisotopic (exact) mass is 986 g/mol. The Morgan fingerprint density at radius 1 is 0.492 bits per heavy atom. The molecule has 0 spiro atoms. The Morgan fingerprint density at radius 2 is 0.729 bits per heavy atom. The van der Waals surface area contributed by atoms with Gasteiger partial charge in [-0.2, -0.15) is 52.0 Å². The number of nitrogens with zero attached hydrogens (tertiary/aromatic N) is 2. The van der Waals surface area contributed by atoms with E-state index in [0.717, 1.165) is 11.1 Å². The number of hydrogen-bond donors (Lipinski definition) is 0. The van der Waals surface area contributed by atoms with Crippen LogP contribution in [0.25, 0.3) is 0 Å². The molecule has 0 aliphatic rings. The largest absolute Gasteiger partial charge is 0.858 e. The maximum atomic E-state index is 12.6. The van der Waals surface area contributed by atoms with Crippen LogP contribution >= 0.6 is 0 Å². The highest BCUT2D eigenvalue weighted by Gasteiger charge is 2.48. The van der Waals surface area contributed by atoms with Crippen LogP contribution in [0.4, 0.5) is 26.3 Å². The van der Waals surface area contributed by atoms with Crippen LogP contribution in [0.15, 0.2) is 57.3 Å². The van der Waals surface area contributed by atoms with Gasteiger partial charge in [0.25, 0.3) is 0 Å². The van der Waals surface area contributed by atoms with Crippen molar-refractivity contribution in [2.45, 2.75) is 115 Å². The first-order valence-corrected chi connectivity index (χ1v) is 38.4. The summed E-state index contributed by atoms with van der Waals surface area (Å²) < 4.78 is 159. The number of aryl methyl sites for hydroxylation is 2. The molecule has 0 aromatic heterocycles. The van der Waals surface area contributed by atoms with Gasteiger partial charge in [0, 0.05) is 11.8 Å². The molecular weight excluding hydrogens is 935 g/mol. The van der Waals surface area contributed by atoms with Gasteiger partial charge in [0.15, 0.2) is 16.6 Å². The molecule has 0 saturated heterocycles. The summed E-state index contributed by atoms with van der Waals surface area (Å²) in [6, 6.07) is 12.3. The van der Waals surface area contributed by atoms with Gasteiger partial charge in [-0.15, -0.1) is 0 Å². The summed E-state index contributed by atoms with van der Waals surface area (Å²) >= 11 is 0. The Hall–Kier alpha value is -2.04. The van der Waals surface area contributed by atoms with E-state index in [-0.39, 0.29) is 11.1 Å². The summed E-state index contributed by atoms with van der Waals surface area (Å²) in [6.45, 7) is 23.5. The predicted molar refractivity (Wildman–Crippen MR) is 223 cm³/mol. The average molecular weight is 987 g/mol. The van der Waals surface area contributed by atoms with E-state index in [4.69, 9.17) is 20.6 Å². The molecule has 59 heavy (non-hydrogen) atoms. The van der Waals surface area contributed by atoms with E-state index in [2.05, 4.69) is 8.80 Å². The van der Waals surface area contributed by atoms with Crippen molar-refractivity contribution in [3.05, 3.63) is 70.8 Å². The van der Waals surface area contributed by atoms with Gasteiger partial charge in [0.1, 0.15) is 0 Å². The zero-order valence-corrected chi connectivity index (χ0v) is 42.5. The molecule has 0 fully saturated rings. The highest BCUT2D eigenvalue weighted by atomic mass is 32.2. The van der Waals surface area contributed by atoms with Gasteiger partial charge >= 0.3 is 65.3 Å². The van der Waals surface area contributed by atoms with Crippen LogP contribution in [0.1, 0.15) is 22.3 Å². The van der Waals surface area contributed by atoms with E-state index in [0.29, 0.717) is 24.9 Å². The summed E-state index contributed by atoms with van der Waals surface area (Å²) in [6.07, 6.45) is 1.04. The smallest absolute Gasteiger partial charge is 0.518 e. The fraction of sp³-hybridized carbons (Fsp3) is 0.562. The summed E-state index contributed by atoms with van der Waals surface area (Å²) in [5.74, 6) is -3.03. The lowest BCUT2D eigenvalue weighted by atomic mass is 10.1. The molecule has 0 saturated carbocycles. The molecule has 2 aromatic rings. The van der Waals surface area contributed by atoms with Gasteiger partial charge in [-0.05, 0) is 126 Å². The Morgan fingerprint density at radius 3 is 0.966 bits per heavy atom. The third-order valence-corrected chi connectivity index (χ3v) is 33.0. The van der Waals surface area contributed by atoms with Gasteiger partial charge in [-0.25, -0.2) is 0 Å². The van der Waals surface area contributed by atoms with E-state index in [1.165, 1.54) is 48.5 Å². The van der Waals surface area contributed by atoms with Crippen LogP contribution < -0.4 is 10.2 Å². The summed E-state index contributed by atoms with van der Waals surface area (Å²) in [7, 11) is -28.0. The summed E-state index contributed by atoms with van der Waals surface area (Å²) in [5.41, 5.74) is -10.4. The Balaban J connectivity index is 1.99. The molecule has 0 aliphatic carbocycles. The molecule has 336 valence electrons. The maximum absolute atomic E-state index is 12.6. The van der Waals surface area contributed by atoms with Crippen molar-refractivity contribution in [2.75, 3.05) is 0 Å². The zero-order valence-electron chi connectivity index (χ0n) is 34.9. The minimum Gasteiger partial charge on any atom is -0.858 e. The first-order chi connectivity index (χ1) is 26.2. The van der Waals surface area contributed by atoms with Gasteiger partial charge in [-0.1, -0.05) is 48.5 Å². The zero-order chi connectivity index (χ0) is 45.9. The number of hydrogen-bond acceptors (Lipinski definition) is 11. The van der Waals surface area contributed by atoms with E-state index in [9.17, 15) is 53.4 Å². The number of sulfonamides is 2. The molecule has 2 aromatic carbocycles. The summed E-state index contributed by atoms with van der Waals surface area (Å²) in [5, 5.41) is 24.1. The molecule has 0 heterocycles. The highest BCUT2D eigenvalue weighted by Crippen LogP contribution is 2.31. The van der Waals surface area contributed by atoms with Crippen LogP contribution in [0.5, 0.6) is 0 Å². The molecule has 0 unspecified atom stereocenters. The van der Waals surface area contributed by atoms with Crippen LogP contribution in [0.2, 0.25) is 90.7 Å². The van der Waals surface area contributed by atoms with Gasteiger partial charge < -0.3 is 30.8 Å². The van der Waals surface area contributed by atoms with Crippen molar-refractivity contribution in [3.8, 4) is 0 Å². The summed E-state index contributed by atoms with van der Waals surface area (Å²) in [4.78, 5) is 0. The number of alkyl halides is 6. The van der Waals surface area contributed by atoms with Crippen molar-refractivity contribution in [3.63, 3.8) is 0 Å². The molecule has 27 heteroatoms. The second-order valence-corrected chi connectivity index (χ2v) is 43.2. The van der Waals surface area contributed by atoms with Crippen molar-refractivity contribution >= 4 is 82.7 Å². The molecular formula is C32H52F6N2O11S2Si6-2. The van der Waals surface area contributed by atoms with E-state index in [1.54, 1.807) is 0 Å². The Bertz CT molecular complexity index is 1900. The fourth-order valence-corrected chi connectivity index (χ4v) is 36.7. The molecule has 0 radical (unpaired) electrons. The molecule has 2 rings (SSSR count). The highest BCUT2D eigenvalue weighted by molar-refractivity contribution is 7.91. The second-order valence-electron chi connectivity index (χ2n) is 16.7. The van der Waals surface area contributed by atoms with Gasteiger partial charge in [0.2, 0.25) is 0 Å². The lowest BCUT2D eigenvalue weighted by Crippen LogP contribution is -2.60. The third kappa shape index (κ3) is 17.7. The molecule has 0 N–H and O–H groups in total. The predicted octanol–water partition coefficient (Wildman–Crippen LogP) is 6.69. The van der Waals surface area contributed by atoms with E-state index < -0.39 is 93.7 Å². The third-order valence-electron chi connectivity index (χ3n) is 7.94. The molecule has 0 bridgehead atoms. The SMILES string of the molecule is C[Si](C)(CCc1ccc(/C([O-])=N\S(=O)(=O)C(F)(F)F)cc1)O[Si](C)(C)O[Si](C)(C)O[Si](C)(C)O[Si](C)(C)O[Si](C)(C)CCc1ccc(/C([O-])=N\S(=O)(=O)C(F)(F)F)cc1. The van der Waals surface area contributed by atoms with E-state index in [1.807, 2.05) is 78.6 Å². The second kappa shape index (κ2) is 18.7. The number of benzene rings is 2. The van der Waals surface area contributed by atoms with Crippen molar-refractivity contribution in [1.29, 1.82) is 0 Å². The standard InChI is InChI=1S/C32H54F6N2O11S2Si6/c1-54(2,23-21-25-13-17-27(18-14-25)29(41)39-52(43,44)31(33,34)35)47-56(5,6)49-58(9,10)51-59(11,12)50-57(7,8)48-55(3,4)24-22-26-15-19-28(20-16-26)30(42)40-53(45,46)32(36,37)38/h13-20H,21-24H2,1-12H3,(H,39,41)(H,40,42)/p-2.